The largest absolute Gasteiger partial charge is 0.465 e. The van der Waals surface area contributed by atoms with Crippen LogP contribution >= 0.6 is 0 Å². The molecule has 1 aromatic heterocycles. The first-order valence-corrected chi connectivity index (χ1v) is 12.0. The summed E-state index contributed by atoms with van der Waals surface area (Å²) in [5.74, 6) is -0.364. The van der Waals surface area contributed by atoms with Gasteiger partial charge in [0.05, 0.1) is 42.9 Å². The molecule has 0 aliphatic rings. The SMILES string of the molecule is COC(=O)c1cccc(CN(Cc2cncn2C)c2ccc(C#N)c(-c3cccc4ccccc34)c2)c1. The van der Waals surface area contributed by atoms with Crippen molar-refractivity contribution in [2.24, 2.45) is 7.05 Å². The quantitative estimate of drug-likeness (QED) is 0.260. The second kappa shape index (κ2) is 10.4. The first-order valence-electron chi connectivity index (χ1n) is 12.0. The van der Waals surface area contributed by atoms with Gasteiger partial charge < -0.3 is 14.2 Å². The minimum Gasteiger partial charge on any atom is -0.465 e. The Labute approximate surface area is 216 Å². The molecule has 0 spiro atoms. The average molecular weight is 487 g/mol. The van der Waals surface area contributed by atoms with Gasteiger partial charge in [0.15, 0.2) is 0 Å². The van der Waals surface area contributed by atoms with Gasteiger partial charge in [-0.05, 0) is 52.2 Å². The molecule has 0 radical (unpaired) electrons. The molecule has 4 aromatic carbocycles. The molecular formula is C31H26N4O2. The Balaban J connectivity index is 1.60. The van der Waals surface area contributed by atoms with E-state index >= 15 is 0 Å². The molecule has 0 atom stereocenters. The zero-order chi connectivity index (χ0) is 25.8. The lowest BCUT2D eigenvalue weighted by atomic mass is 9.94. The predicted molar refractivity (Wildman–Crippen MR) is 145 cm³/mol. The van der Waals surface area contributed by atoms with Gasteiger partial charge in [0.2, 0.25) is 0 Å². The second-order valence-corrected chi connectivity index (χ2v) is 8.91. The normalized spacial score (nSPS) is 10.7. The van der Waals surface area contributed by atoms with E-state index < -0.39 is 0 Å². The standard InChI is InChI=1S/C31H26N4O2/c1-34-21-33-18-27(34)20-35(19-22-7-5-10-24(15-22)31(36)37-2)26-14-13-25(17-32)30(16-26)29-12-6-9-23-8-3-4-11-28(23)29/h3-16,18,21H,19-20H2,1-2H3. The fourth-order valence-electron chi connectivity index (χ4n) is 4.62. The van der Waals surface area contributed by atoms with Crippen molar-refractivity contribution < 1.29 is 9.53 Å². The van der Waals surface area contributed by atoms with Gasteiger partial charge in [-0.2, -0.15) is 5.26 Å². The lowest BCUT2D eigenvalue weighted by Crippen LogP contribution is -2.23. The third kappa shape index (κ3) is 4.93. The van der Waals surface area contributed by atoms with Crippen LogP contribution in [0.4, 0.5) is 5.69 Å². The van der Waals surface area contributed by atoms with E-state index in [1.807, 2.05) is 66.3 Å². The summed E-state index contributed by atoms with van der Waals surface area (Å²) in [6.45, 7) is 1.15. The van der Waals surface area contributed by atoms with Gasteiger partial charge in [-0.15, -0.1) is 0 Å². The van der Waals surface area contributed by atoms with Crippen molar-refractivity contribution >= 4 is 22.4 Å². The minimum atomic E-state index is -0.364. The van der Waals surface area contributed by atoms with E-state index in [2.05, 4.69) is 46.3 Å². The number of fused-ring (bicyclic) bond motifs is 1. The van der Waals surface area contributed by atoms with Crippen LogP contribution in [0.2, 0.25) is 0 Å². The van der Waals surface area contributed by atoms with E-state index in [0.717, 1.165) is 38.8 Å². The second-order valence-electron chi connectivity index (χ2n) is 8.91. The van der Waals surface area contributed by atoms with Gasteiger partial charge >= 0.3 is 5.97 Å². The van der Waals surface area contributed by atoms with E-state index in [-0.39, 0.29) is 5.97 Å². The van der Waals surface area contributed by atoms with Gasteiger partial charge in [-0.25, -0.2) is 9.78 Å². The Morgan fingerprint density at radius 2 is 1.78 bits per heavy atom. The van der Waals surface area contributed by atoms with E-state index in [0.29, 0.717) is 24.2 Å². The van der Waals surface area contributed by atoms with Crippen molar-refractivity contribution in [1.82, 2.24) is 9.55 Å². The highest BCUT2D eigenvalue weighted by atomic mass is 16.5. The summed E-state index contributed by atoms with van der Waals surface area (Å²) in [5, 5.41) is 12.2. The van der Waals surface area contributed by atoms with Gasteiger partial charge in [-0.3, -0.25) is 0 Å². The van der Waals surface area contributed by atoms with Gasteiger partial charge in [0.25, 0.3) is 0 Å². The number of hydrogen-bond donors (Lipinski definition) is 0. The van der Waals surface area contributed by atoms with Crippen molar-refractivity contribution in [3.8, 4) is 17.2 Å². The maximum absolute atomic E-state index is 12.1. The molecule has 0 saturated carbocycles. The van der Waals surface area contributed by atoms with E-state index in [4.69, 9.17) is 4.74 Å². The third-order valence-electron chi connectivity index (χ3n) is 6.56. The monoisotopic (exact) mass is 486 g/mol. The maximum atomic E-state index is 12.1. The zero-order valence-electron chi connectivity index (χ0n) is 20.8. The summed E-state index contributed by atoms with van der Waals surface area (Å²) in [6.07, 6.45) is 3.64. The van der Waals surface area contributed by atoms with Crippen LogP contribution in [0.25, 0.3) is 21.9 Å². The summed E-state index contributed by atoms with van der Waals surface area (Å²) in [4.78, 5) is 18.6. The molecule has 5 rings (SSSR count). The van der Waals surface area contributed by atoms with Crippen LogP contribution in [0.3, 0.4) is 0 Å². The molecule has 37 heavy (non-hydrogen) atoms. The number of benzene rings is 4. The Morgan fingerprint density at radius 1 is 0.973 bits per heavy atom. The highest BCUT2D eigenvalue weighted by Crippen LogP contribution is 2.34. The highest BCUT2D eigenvalue weighted by molar-refractivity contribution is 5.98. The zero-order valence-corrected chi connectivity index (χ0v) is 20.8. The average Bonchev–Trinajstić information content (AvgIpc) is 3.35. The molecule has 0 amide bonds. The van der Waals surface area contributed by atoms with E-state index in [1.54, 1.807) is 12.4 Å². The lowest BCUT2D eigenvalue weighted by Gasteiger charge is -2.26. The van der Waals surface area contributed by atoms with E-state index in [9.17, 15) is 10.1 Å². The number of aromatic nitrogens is 2. The van der Waals surface area contributed by atoms with Crippen LogP contribution in [-0.2, 0) is 24.9 Å². The molecule has 6 nitrogen and oxygen atoms in total. The molecule has 182 valence electrons. The van der Waals surface area contributed by atoms with Gasteiger partial charge in [-0.1, -0.05) is 54.6 Å². The maximum Gasteiger partial charge on any atom is 0.337 e. The smallest absolute Gasteiger partial charge is 0.337 e. The Bertz CT molecular complexity index is 1620. The van der Waals surface area contributed by atoms with Gasteiger partial charge in [0.1, 0.15) is 0 Å². The Hall–Kier alpha value is -4.89. The molecule has 0 aliphatic carbocycles. The van der Waals surface area contributed by atoms with Crippen LogP contribution in [0.5, 0.6) is 0 Å². The lowest BCUT2D eigenvalue weighted by molar-refractivity contribution is 0.0600. The van der Waals surface area contributed by atoms with E-state index in [1.165, 1.54) is 7.11 Å². The number of anilines is 1. The van der Waals surface area contributed by atoms with Crippen LogP contribution in [0, 0.1) is 11.3 Å². The molecule has 0 N–H and O–H groups in total. The minimum absolute atomic E-state index is 0.364. The van der Waals surface area contributed by atoms with Crippen molar-refractivity contribution in [3.05, 3.63) is 120 Å². The Kier molecular flexibility index (Phi) is 6.69. The number of nitriles is 1. The number of imidazole rings is 1. The molecule has 0 fully saturated rings. The number of nitrogens with zero attached hydrogens (tertiary/aromatic N) is 4. The molecular weight excluding hydrogens is 460 g/mol. The number of aryl methyl sites for hydroxylation is 1. The van der Waals surface area contributed by atoms with Crippen molar-refractivity contribution in [1.29, 1.82) is 5.26 Å². The molecule has 6 heteroatoms. The molecule has 0 saturated heterocycles. The fraction of sp³-hybridized carbons (Fsp3) is 0.129. The van der Waals surface area contributed by atoms with Gasteiger partial charge in [0, 0.05) is 31.0 Å². The number of esters is 1. The number of hydrogen-bond acceptors (Lipinski definition) is 5. The number of rotatable bonds is 7. The van der Waals surface area contributed by atoms with Crippen LogP contribution in [0.15, 0.2) is 97.5 Å². The topological polar surface area (TPSA) is 71.2 Å². The third-order valence-corrected chi connectivity index (χ3v) is 6.56. The number of methoxy groups -OCH3 is 1. The first kappa shape index (κ1) is 23.8. The molecule has 0 bridgehead atoms. The fourth-order valence-corrected chi connectivity index (χ4v) is 4.62. The predicted octanol–water partition coefficient (Wildman–Crippen LogP) is 6.11. The van der Waals surface area contributed by atoms with Crippen molar-refractivity contribution in [3.63, 3.8) is 0 Å². The summed E-state index contributed by atoms with van der Waals surface area (Å²) < 4.78 is 6.91. The van der Waals surface area contributed by atoms with Crippen LogP contribution in [0.1, 0.15) is 27.2 Å². The molecule has 0 aliphatic heterocycles. The molecule has 0 unspecified atom stereocenters. The van der Waals surface area contributed by atoms with Crippen LogP contribution in [-0.4, -0.2) is 22.6 Å². The number of carbonyl (C=O) groups is 1. The number of carbonyl (C=O) groups excluding carboxylic acids is 1. The van der Waals surface area contributed by atoms with Crippen molar-refractivity contribution in [2.75, 3.05) is 12.0 Å². The summed E-state index contributed by atoms with van der Waals surface area (Å²) >= 11 is 0. The number of ether oxygens (including phenoxy) is 1. The van der Waals surface area contributed by atoms with Crippen molar-refractivity contribution in [2.45, 2.75) is 13.1 Å². The summed E-state index contributed by atoms with van der Waals surface area (Å²) in [7, 11) is 3.36. The summed E-state index contributed by atoms with van der Waals surface area (Å²) in [6, 6.07) is 30.2. The highest BCUT2D eigenvalue weighted by Gasteiger charge is 2.16. The first-order chi connectivity index (χ1) is 18.1. The Morgan fingerprint density at radius 3 is 2.57 bits per heavy atom. The molecule has 1 heterocycles. The van der Waals surface area contributed by atoms with Crippen LogP contribution < -0.4 is 4.90 Å². The molecule has 5 aromatic rings. The summed E-state index contributed by atoms with van der Waals surface area (Å²) in [5.41, 5.74) is 6.01.